The summed E-state index contributed by atoms with van der Waals surface area (Å²) in [5.74, 6) is -1.20. The van der Waals surface area contributed by atoms with Gasteiger partial charge in [-0.15, -0.1) is 0 Å². The Morgan fingerprint density at radius 3 is 2.87 bits per heavy atom. The Hall–Kier alpha value is -3.03. The largest absolute Gasteiger partial charge is 0.318 e. The van der Waals surface area contributed by atoms with Crippen LogP contribution in [0, 0.1) is 5.82 Å². The second-order valence-electron chi connectivity index (χ2n) is 5.00. The number of nitrogens with zero attached hydrogens (tertiary/aromatic N) is 4. The van der Waals surface area contributed by atoms with Crippen LogP contribution in [0.4, 0.5) is 10.1 Å². The van der Waals surface area contributed by atoms with E-state index in [0.717, 1.165) is 6.07 Å². The molecule has 2 heterocycles. The Kier molecular flexibility index (Phi) is 3.65. The molecular weight excluding hydrogens is 301 g/mol. The van der Waals surface area contributed by atoms with Gasteiger partial charge < -0.3 is 5.32 Å². The van der Waals surface area contributed by atoms with Gasteiger partial charge in [0.25, 0.3) is 5.91 Å². The third kappa shape index (κ3) is 2.70. The lowest BCUT2D eigenvalue weighted by molar-refractivity contribution is 0.101. The number of aromatic nitrogens is 4. The molecule has 0 saturated carbocycles. The summed E-state index contributed by atoms with van der Waals surface area (Å²) in [6, 6.07) is 3.79. The van der Waals surface area contributed by atoms with Crippen LogP contribution >= 0.6 is 0 Å². The van der Waals surface area contributed by atoms with Gasteiger partial charge in [-0.25, -0.2) is 4.39 Å². The highest BCUT2D eigenvalue weighted by molar-refractivity contribution is 6.04. The molecule has 0 bridgehead atoms. The summed E-state index contributed by atoms with van der Waals surface area (Å²) in [5, 5.41) is 10.7. The zero-order chi connectivity index (χ0) is 16.6. The van der Waals surface area contributed by atoms with Crippen LogP contribution < -0.4 is 10.7 Å². The number of hydrogen-bond acceptors (Lipinski definition) is 4. The van der Waals surface area contributed by atoms with Crippen LogP contribution in [0.5, 0.6) is 0 Å². The predicted molar refractivity (Wildman–Crippen MR) is 82.8 cm³/mol. The molecule has 118 valence electrons. The molecule has 0 aliphatic rings. The van der Waals surface area contributed by atoms with E-state index in [2.05, 4.69) is 15.5 Å². The van der Waals surface area contributed by atoms with Crippen molar-refractivity contribution in [2.24, 2.45) is 7.05 Å². The van der Waals surface area contributed by atoms with Crippen molar-refractivity contribution in [2.75, 3.05) is 5.32 Å². The van der Waals surface area contributed by atoms with Gasteiger partial charge in [0.05, 0.1) is 22.8 Å². The number of carbonyl (C=O) groups excluding carboxylic acids is 1. The smallest absolute Gasteiger partial charge is 0.280 e. The zero-order valence-corrected chi connectivity index (χ0v) is 12.6. The molecule has 3 aromatic rings. The molecule has 8 heteroatoms. The van der Waals surface area contributed by atoms with Gasteiger partial charge in [0.15, 0.2) is 5.69 Å². The summed E-state index contributed by atoms with van der Waals surface area (Å²) in [4.78, 5) is 24.7. The second-order valence-corrected chi connectivity index (χ2v) is 5.00. The van der Waals surface area contributed by atoms with E-state index in [1.807, 2.05) is 6.92 Å². The Morgan fingerprint density at radius 1 is 1.39 bits per heavy atom. The van der Waals surface area contributed by atoms with E-state index in [1.165, 1.54) is 23.0 Å². The summed E-state index contributed by atoms with van der Waals surface area (Å²) in [5.41, 5.74) is -0.000346. The number of amides is 1. The van der Waals surface area contributed by atoms with Gasteiger partial charge in [-0.05, 0) is 25.1 Å². The van der Waals surface area contributed by atoms with Gasteiger partial charge in [-0.3, -0.25) is 19.0 Å². The third-order valence-electron chi connectivity index (χ3n) is 3.45. The number of hydrogen-bond donors (Lipinski definition) is 1. The molecule has 0 aliphatic carbocycles. The maximum absolute atomic E-state index is 13.4. The zero-order valence-electron chi connectivity index (χ0n) is 12.6. The van der Waals surface area contributed by atoms with Gasteiger partial charge >= 0.3 is 0 Å². The van der Waals surface area contributed by atoms with Gasteiger partial charge in [-0.2, -0.15) is 10.2 Å². The minimum absolute atomic E-state index is 0.108. The first-order valence-corrected chi connectivity index (χ1v) is 7.00. The lowest BCUT2D eigenvalue weighted by Gasteiger charge is -2.07. The normalized spacial score (nSPS) is 10.9. The Morgan fingerprint density at radius 2 is 2.17 bits per heavy atom. The molecule has 0 unspecified atom stereocenters. The van der Waals surface area contributed by atoms with Crippen molar-refractivity contribution in [1.29, 1.82) is 0 Å². The number of nitrogens with one attached hydrogen (secondary N) is 1. The second kappa shape index (κ2) is 5.64. The van der Waals surface area contributed by atoms with Crippen LogP contribution in [-0.4, -0.2) is 25.5 Å². The number of fused-ring (bicyclic) bond motifs is 1. The minimum atomic E-state index is -0.660. The van der Waals surface area contributed by atoms with E-state index >= 15 is 0 Å². The van der Waals surface area contributed by atoms with Crippen molar-refractivity contribution in [2.45, 2.75) is 13.5 Å². The first-order valence-electron chi connectivity index (χ1n) is 7.00. The lowest BCUT2D eigenvalue weighted by Crippen LogP contribution is -2.26. The van der Waals surface area contributed by atoms with E-state index in [0.29, 0.717) is 17.7 Å². The van der Waals surface area contributed by atoms with Crippen LogP contribution in [0.15, 0.2) is 35.4 Å². The number of carbonyl (C=O) groups is 1. The van der Waals surface area contributed by atoms with Gasteiger partial charge in [0.2, 0.25) is 5.43 Å². The van der Waals surface area contributed by atoms with E-state index in [-0.39, 0.29) is 11.1 Å². The van der Waals surface area contributed by atoms with Crippen molar-refractivity contribution >= 4 is 22.5 Å². The first-order chi connectivity index (χ1) is 11.0. The standard InChI is InChI=1S/C15H14FN5O2/c1-3-21-8-10(7-17-21)18-15(23)13-14(22)11-6-9(16)4-5-12(11)20(2)19-13/h4-8H,3H2,1-2H3,(H,18,23). The third-order valence-corrected chi connectivity index (χ3v) is 3.45. The Bertz CT molecular complexity index is 960. The molecule has 0 saturated heterocycles. The van der Waals surface area contributed by atoms with Crippen molar-refractivity contribution < 1.29 is 9.18 Å². The molecule has 0 atom stereocenters. The predicted octanol–water partition coefficient (Wildman–Crippen LogP) is 1.54. The number of anilines is 1. The Labute approximate surface area is 130 Å². The molecule has 2 aromatic heterocycles. The summed E-state index contributed by atoms with van der Waals surface area (Å²) in [7, 11) is 1.59. The average Bonchev–Trinajstić information content (AvgIpc) is 2.98. The molecular formula is C15H14FN5O2. The van der Waals surface area contributed by atoms with Gasteiger partial charge in [0, 0.05) is 19.8 Å². The lowest BCUT2D eigenvalue weighted by atomic mass is 10.2. The Balaban J connectivity index is 2.03. The van der Waals surface area contributed by atoms with E-state index < -0.39 is 17.2 Å². The minimum Gasteiger partial charge on any atom is -0.318 e. The van der Waals surface area contributed by atoms with Crippen LogP contribution in [0.1, 0.15) is 17.4 Å². The molecule has 0 aliphatic heterocycles. The number of benzene rings is 1. The fourth-order valence-corrected chi connectivity index (χ4v) is 2.29. The van der Waals surface area contributed by atoms with Crippen molar-refractivity contribution in [1.82, 2.24) is 19.6 Å². The molecule has 1 amide bonds. The summed E-state index contributed by atoms with van der Waals surface area (Å²) < 4.78 is 16.4. The fourth-order valence-electron chi connectivity index (χ4n) is 2.29. The van der Waals surface area contributed by atoms with E-state index in [1.54, 1.807) is 17.9 Å². The molecule has 3 rings (SSSR count). The number of aryl methyl sites for hydroxylation is 2. The molecule has 0 spiro atoms. The highest BCUT2D eigenvalue weighted by Gasteiger charge is 2.17. The monoisotopic (exact) mass is 315 g/mol. The highest BCUT2D eigenvalue weighted by Crippen LogP contribution is 2.12. The molecule has 23 heavy (non-hydrogen) atoms. The summed E-state index contributed by atoms with van der Waals surface area (Å²) >= 11 is 0. The number of rotatable bonds is 3. The van der Waals surface area contributed by atoms with Gasteiger partial charge in [0.1, 0.15) is 5.82 Å². The van der Waals surface area contributed by atoms with E-state index in [9.17, 15) is 14.0 Å². The van der Waals surface area contributed by atoms with Crippen LogP contribution in [0.2, 0.25) is 0 Å². The number of halogens is 1. The maximum atomic E-state index is 13.4. The molecule has 1 N–H and O–H groups in total. The summed E-state index contributed by atoms with van der Waals surface area (Å²) in [6.45, 7) is 2.57. The average molecular weight is 315 g/mol. The molecule has 1 aromatic carbocycles. The SMILES string of the molecule is CCn1cc(NC(=O)c2nn(C)c3ccc(F)cc3c2=O)cn1. The molecule has 0 radical (unpaired) electrons. The van der Waals surface area contributed by atoms with Crippen LogP contribution in [0.25, 0.3) is 10.9 Å². The quantitative estimate of drug-likeness (QED) is 0.795. The molecule has 0 fully saturated rings. The first kappa shape index (κ1) is 14.9. The highest BCUT2D eigenvalue weighted by atomic mass is 19.1. The van der Waals surface area contributed by atoms with Gasteiger partial charge in [-0.1, -0.05) is 0 Å². The van der Waals surface area contributed by atoms with Crippen molar-refractivity contribution in [3.05, 3.63) is 52.3 Å². The van der Waals surface area contributed by atoms with Crippen molar-refractivity contribution in [3.8, 4) is 0 Å². The van der Waals surface area contributed by atoms with E-state index in [4.69, 9.17) is 0 Å². The van der Waals surface area contributed by atoms with Crippen LogP contribution in [-0.2, 0) is 13.6 Å². The maximum Gasteiger partial charge on any atom is 0.280 e. The fraction of sp³-hybridized carbons (Fsp3) is 0.200. The molecule has 7 nitrogen and oxygen atoms in total. The summed E-state index contributed by atoms with van der Waals surface area (Å²) in [6.07, 6.45) is 3.12. The van der Waals surface area contributed by atoms with Crippen LogP contribution in [0.3, 0.4) is 0 Å². The topological polar surface area (TPSA) is 81.8 Å². The van der Waals surface area contributed by atoms with Crippen molar-refractivity contribution in [3.63, 3.8) is 0 Å².